The highest BCUT2D eigenvalue weighted by Crippen LogP contribution is 2.30. The first-order chi connectivity index (χ1) is 8.71. The molecule has 106 valence electrons. The Morgan fingerprint density at radius 3 is 2.21 bits per heavy atom. The lowest BCUT2D eigenvalue weighted by molar-refractivity contribution is -0.137. The van der Waals surface area contributed by atoms with Crippen LogP contribution in [0.4, 0.5) is 13.2 Å². The summed E-state index contributed by atoms with van der Waals surface area (Å²) in [7, 11) is 3.62. The fraction of sp³-hybridized carbons (Fsp3) is 0.417. The average molecular weight is 274 g/mol. The number of halogens is 3. The summed E-state index contributed by atoms with van der Waals surface area (Å²) in [5, 5.41) is 9.77. The van der Waals surface area contributed by atoms with Gasteiger partial charge >= 0.3 is 6.18 Å². The summed E-state index contributed by atoms with van der Waals surface area (Å²) in [5.74, 6) is -0.168. The first-order valence-electron chi connectivity index (χ1n) is 5.63. The number of benzene rings is 1. The van der Waals surface area contributed by atoms with Gasteiger partial charge in [-0.2, -0.15) is 13.2 Å². The molecule has 1 aromatic rings. The average Bonchev–Trinajstić information content (AvgIpc) is 2.27. The van der Waals surface area contributed by atoms with Gasteiger partial charge in [0.2, 0.25) is 0 Å². The Bertz CT molecular complexity index is 426. The molecule has 0 aliphatic rings. The van der Waals surface area contributed by atoms with Gasteiger partial charge in [-0.1, -0.05) is 12.1 Å². The highest BCUT2D eigenvalue weighted by molar-refractivity contribution is 5.74. The van der Waals surface area contributed by atoms with Gasteiger partial charge in [-0.05, 0) is 31.8 Å². The van der Waals surface area contributed by atoms with Gasteiger partial charge in [0.1, 0.15) is 0 Å². The smallest absolute Gasteiger partial charge is 0.370 e. The van der Waals surface area contributed by atoms with Crippen LogP contribution in [0.15, 0.2) is 24.3 Å². The Kier molecular flexibility index (Phi) is 4.77. The maximum Gasteiger partial charge on any atom is 0.416 e. The van der Waals surface area contributed by atoms with Crippen molar-refractivity contribution in [1.29, 1.82) is 5.41 Å². The Labute approximate surface area is 109 Å². The summed E-state index contributed by atoms with van der Waals surface area (Å²) in [6, 6.07) is 4.83. The molecule has 0 saturated heterocycles. The van der Waals surface area contributed by atoms with Crippen molar-refractivity contribution in [1.82, 2.24) is 10.2 Å². The van der Waals surface area contributed by atoms with Gasteiger partial charge in [0.25, 0.3) is 0 Å². The van der Waals surface area contributed by atoms with E-state index in [2.05, 4.69) is 5.32 Å². The van der Waals surface area contributed by atoms with E-state index in [0.29, 0.717) is 6.54 Å². The SMILES string of the molecule is CN(C)C(CNC(=N)N)c1ccc(C(F)(F)F)cc1. The highest BCUT2D eigenvalue weighted by Gasteiger charge is 2.30. The zero-order chi connectivity index (χ0) is 14.6. The minimum Gasteiger partial charge on any atom is -0.370 e. The van der Waals surface area contributed by atoms with Gasteiger partial charge in [0.05, 0.1) is 11.6 Å². The molecule has 1 aromatic carbocycles. The number of nitrogens with one attached hydrogen (secondary N) is 2. The molecule has 0 aliphatic heterocycles. The fourth-order valence-corrected chi connectivity index (χ4v) is 1.70. The van der Waals surface area contributed by atoms with Crippen LogP contribution in [-0.2, 0) is 6.18 Å². The van der Waals surface area contributed by atoms with E-state index >= 15 is 0 Å². The van der Waals surface area contributed by atoms with Crippen LogP contribution in [-0.4, -0.2) is 31.5 Å². The van der Waals surface area contributed by atoms with Crippen molar-refractivity contribution in [2.75, 3.05) is 20.6 Å². The Hall–Kier alpha value is -1.76. The number of nitrogens with zero attached hydrogens (tertiary/aromatic N) is 1. The van der Waals surface area contributed by atoms with Crippen molar-refractivity contribution in [3.8, 4) is 0 Å². The summed E-state index contributed by atoms with van der Waals surface area (Å²) in [4.78, 5) is 1.85. The van der Waals surface area contributed by atoms with E-state index in [4.69, 9.17) is 11.1 Å². The van der Waals surface area contributed by atoms with E-state index in [0.717, 1.165) is 17.7 Å². The van der Waals surface area contributed by atoms with Crippen LogP contribution < -0.4 is 11.1 Å². The molecule has 0 radical (unpaired) electrons. The Balaban J connectivity index is 2.88. The molecular weight excluding hydrogens is 257 g/mol. The summed E-state index contributed by atoms with van der Waals surface area (Å²) >= 11 is 0. The Morgan fingerprint density at radius 2 is 1.84 bits per heavy atom. The number of likely N-dealkylation sites (N-methyl/N-ethyl adjacent to an activating group) is 1. The molecule has 1 atom stereocenters. The van der Waals surface area contributed by atoms with Crippen LogP contribution in [0.5, 0.6) is 0 Å². The second-order valence-corrected chi connectivity index (χ2v) is 4.39. The zero-order valence-electron chi connectivity index (χ0n) is 10.8. The quantitative estimate of drug-likeness (QED) is 0.579. The largest absolute Gasteiger partial charge is 0.416 e. The minimum absolute atomic E-state index is 0.161. The number of hydrogen-bond donors (Lipinski definition) is 3. The Morgan fingerprint density at radius 1 is 1.32 bits per heavy atom. The van der Waals surface area contributed by atoms with E-state index in [9.17, 15) is 13.2 Å². The lowest BCUT2D eigenvalue weighted by atomic mass is 10.0. The number of guanidine groups is 1. The molecular formula is C12H17F3N4. The fourth-order valence-electron chi connectivity index (χ4n) is 1.70. The van der Waals surface area contributed by atoms with Crippen LogP contribution in [0.1, 0.15) is 17.2 Å². The van der Waals surface area contributed by atoms with E-state index in [1.807, 2.05) is 19.0 Å². The van der Waals surface area contributed by atoms with Crippen molar-refractivity contribution in [2.24, 2.45) is 5.73 Å². The van der Waals surface area contributed by atoms with Crippen LogP contribution >= 0.6 is 0 Å². The maximum atomic E-state index is 12.5. The molecule has 0 heterocycles. The van der Waals surface area contributed by atoms with Gasteiger partial charge in [-0.15, -0.1) is 0 Å². The molecule has 1 unspecified atom stereocenters. The maximum absolute atomic E-state index is 12.5. The molecule has 0 saturated carbocycles. The minimum atomic E-state index is -4.33. The van der Waals surface area contributed by atoms with Crippen molar-refractivity contribution in [3.05, 3.63) is 35.4 Å². The van der Waals surface area contributed by atoms with E-state index in [1.165, 1.54) is 12.1 Å². The highest BCUT2D eigenvalue weighted by atomic mass is 19.4. The first kappa shape index (κ1) is 15.3. The zero-order valence-corrected chi connectivity index (χ0v) is 10.8. The third-order valence-electron chi connectivity index (χ3n) is 2.73. The second kappa shape index (κ2) is 5.92. The lowest BCUT2D eigenvalue weighted by Crippen LogP contribution is -2.37. The van der Waals surface area contributed by atoms with E-state index in [1.54, 1.807) is 0 Å². The third-order valence-corrected chi connectivity index (χ3v) is 2.73. The first-order valence-corrected chi connectivity index (χ1v) is 5.63. The summed E-state index contributed by atoms with van der Waals surface area (Å²) in [5.41, 5.74) is 5.26. The predicted octanol–water partition coefficient (Wildman–Crippen LogP) is 1.79. The summed E-state index contributed by atoms with van der Waals surface area (Å²) in [6.07, 6.45) is -4.33. The van der Waals surface area contributed by atoms with Crippen LogP contribution in [0.3, 0.4) is 0 Å². The van der Waals surface area contributed by atoms with Crippen molar-refractivity contribution >= 4 is 5.96 Å². The molecule has 19 heavy (non-hydrogen) atoms. The van der Waals surface area contributed by atoms with Crippen molar-refractivity contribution in [2.45, 2.75) is 12.2 Å². The van der Waals surface area contributed by atoms with Gasteiger partial charge < -0.3 is 16.0 Å². The molecule has 0 bridgehead atoms. The molecule has 4 nitrogen and oxygen atoms in total. The standard InChI is InChI=1S/C12H17F3N4/c1-19(2)10(7-18-11(16)17)8-3-5-9(6-4-8)12(13,14)15/h3-6,10H,7H2,1-2H3,(H4,16,17,18). The summed E-state index contributed by atoms with van der Waals surface area (Å²) < 4.78 is 37.4. The lowest BCUT2D eigenvalue weighted by Gasteiger charge is -2.25. The predicted molar refractivity (Wildman–Crippen MR) is 67.8 cm³/mol. The van der Waals surface area contributed by atoms with Crippen molar-refractivity contribution in [3.63, 3.8) is 0 Å². The molecule has 0 amide bonds. The monoisotopic (exact) mass is 274 g/mol. The van der Waals surface area contributed by atoms with Gasteiger partial charge in [0.15, 0.2) is 5.96 Å². The number of hydrogen-bond acceptors (Lipinski definition) is 2. The van der Waals surface area contributed by atoms with E-state index < -0.39 is 11.7 Å². The van der Waals surface area contributed by atoms with Gasteiger partial charge in [-0.3, -0.25) is 5.41 Å². The van der Waals surface area contributed by atoms with Gasteiger partial charge in [0, 0.05) is 6.54 Å². The van der Waals surface area contributed by atoms with Crippen LogP contribution in [0, 0.1) is 5.41 Å². The number of rotatable bonds is 4. The third kappa shape index (κ3) is 4.44. The molecule has 0 spiro atoms. The van der Waals surface area contributed by atoms with Crippen molar-refractivity contribution < 1.29 is 13.2 Å². The van der Waals surface area contributed by atoms with Gasteiger partial charge in [-0.25, -0.2) is 0 Å². The number of nitrogens with two attached hydrogens (primary N) is 1. The summed E-state index contributed by atoms with van der Waals surface area (Å²) in [6.45, 7) is 0.355. The molecule has 0 fully saturated rings. The normalized spacial score (nSPS) is 13.4. The van der Waals surface area contributed by atoms with Crippen LogP contribution in [0.25, 0.3) is 0 Å². The molecule has 1 rings (SSSR count). The number of alkyl halides is 3. The second-order valence-electron chi connectivity index (χ2n) is 4.39. The topological polar surface area (TPSA) is 65.1 Å². The van der Waals surface area contributed by atoms with E-state index in [-0.39, 0.29) is 12.0 Å². The molecule has 7 heteroatoms. The molecule has 4 N–H and O–H groups in total. The molecule has 0 aliphatic carbocycles. The molecule has 0 aromatic heterocycles. The van der Waals surface area contributed by atoms with Crippen LogP contribution in [0.2, 0.25) is 0 Å².